The van der Waals surface area contributed by atoms with E-state index in [2.05, 4.69) is 21.2 Å². The maximum absolute atomic E-state index is 13.7. The molecule has 4 rings (SSSR count). The van der Waals surface area contributed by atoms with Gasteiger partial charge in [-0.25, -0.2) is 0 Å². The van der Waals surface area contributed by atoms with Crippen molar-refractivity contribution in [3.05, 3.63) is 64.6 Å². The molecule has 1 N–H and O–H groups in total. The molecular formula is C26H27BrN2O4. The first kappa shape index (κ1) is 23.1. The molecule has 0 saturated heterocycles. The van der Waals surface area contributed by atoms with E-state index in [1.54, 1.807) is 12.0 Å². The lowest BCUT2D eigenvalue weighted by molar-refractivity contribution is -0.130. The highest BCUT2D eigenvalue weighted by Crippen LogP contribution is 2.36. The SMILES string of the molecule is CC[C@@H](C)C(=O)N[C@H]1COc2ccccc2N(Cc2c(OC)ccc3cc(Br)ccc23)C1=O. The summed E-state index contributed by atoms with van der Waals surface area (Å²) in [4.78, 5) is 28.0. The van der Waals surface area contributed by atoms with E-state index < -0.39 is 6.04 Å². The van der Waals surface area contributed by atoms with Crippen molar-refractivity contribution in [3.63, 3.8) is 0 Å². The van der Waals surface area contributed by atoms with Crippen molar-refractivity contribution in [2.45, 2.75) is 32.9 Å². The monoisotopic (exact) mass is 510 g/mol. The number of para-hydroxylation sites is 2. The highest BCUT2D eigenvalue weighted by atomic mass is 79.9. The second-order valence-electron chi connectivity index (χ2n) is 8.19. The minimum Gasteiger partial charge on any atom is -0.496 e. The van der Waals surface area contributed by atoms with E-state index in [9.17, 15) is 9.59 Å². The minimum atomic E-state index is -0.783. The Morgan fingerprint density at radius 2 is 2.03 bits per heavy atom. The summed E-state index contributed by atoms with van der Waals surface area (Å²) in [7, 11) is 1.62. The summed E-state index contributed by atoms with van der Waals surface area (Å²) in [6.45, 7) is 4.15. The number of fused-ring (bicyclic) bond motifs is 2. The third-order valence-corrected chi connectivity index (χ3v) is 6.58. The molecule has 0 unspecified atom stereocenters. The number of nitrogens with zero attached hydrogens (tertiary/aromatic N) is 1. The molecule has 3 aromatic carbocycles. The average Bonchev–Trinajstić information content (AvgIpc) is 2.95. The van der Waals surface area contributed by atoms with E-state index in [0.717, 1.165) is 20.8 Å². The number of benzene rings is 3. The standard InChI is InChI=1S/C26H27BrN2O4/c1-4-16(2)25(30)28-21-15-33-24-8-6-5-7-22(24)29(26(21)31)14-20-19-11-10-18(27)13-17(19)9-12-23(20)32-3/h5-13,16,21H,4,14-15H2,1-3H3,(H,28,30)/t16-,21+/m1/s1. The molecule has 1 aliphatic heterocycles. The first-order chi connectivity index (χ1) is 15.9. The highest BCUT2D eigenvalue weighted by Gasteiger charge is 2.34. The molecule has 0 spiro atoms. The average molecular weight is 511 g/mol. The van der Waals surface area contributed by atoms with Crippen LogP contribution >= 0.6 is 15.9 Å². The highest BCUT2D eigenvalue weighted by molar-refractivity contribution is 9.10. The number of halogens is 1. The van der Waals surface area contributed by atoms with Crippen LogP contribution < -0.4 is 19.7 Å². The van der Waals surface area contributed by atoms with Gasteiger partial charge < -0.3 is 19.7 Å². The number of hydrogen-bond donors (Lipinski definition) is 1. The molecule has 2 atom stereocenters. The Morgan fingerprint density at radius 3 is 2.79 bits per heavy atom. The molecule has 0 bridgehead atoms. The van der Waals surface area contributed by atoms with Crippen LogP contribution in [0.3, 0.4) is 0 Å². The first-order valence-corrected chi connectivity index (χ1v) is 11.8. The molecule has 2 amide bonds. The molecule has 7 heteroatoms. The van der Waals surface area contributed by atoms with Gasteiger partial charge in [0.2, 0.25) is 5.91 Å². The fourth-order valence-corrected chi connectivity index (χ4v) is 4.36. The molecule has 0 aromatic heterocycles. The van der Waals surface area contributed by atoms with E-state index in [1.807, 2.05) is 68.4 Å². The van der Waals surface area contributed by atoms with Gasteiger partial charge in [0, 0.05) is 16.0 Å². The van der Waals surface area contributed by atoms with Crippen LogP contribution in [0, 0.1) is 5.92 Å². The summed E-state index contributed by atoms with van der Waals surface area (Å²) < 4.78 is 12.6. The largest absolute Gasteiger partial charge is 0.496 e. The van der Waals surface area contributed by atoms with E-state index in [-0.39, 0.29) is 30.9 Å². The number of carbonyl (C=O) groups is 2. The van der Waals surface area contributed by atoms with Gasteiger partial charge in [-0.15, -0.1) is 0 Å². The fourth-order valence-electron chi connectivity index (χ4n) is 3.98. The second-order valence-corrected chi connectivity index (χ2v) is 9.10. The Labute approximate surface area is 202 Å². The van der Waals surface area contributed by atoms with E-state index in [4.69, 9.17) is 9.47 Å². The molecule has 1 aliphatic rings. The van der Waals surface area contributed by atoms with E-state index in [0.29, 0.717) is 23.6 Å². The van der Waals surface area contributed by atoms with Crippen LogP contribution in [0.4, 0.5) is 5.69 Å². The van der Waals surface area contributed by atoms with Gasteiger partial charge in [0.25, 0.3) is 5.91 Å². The van der Waals surface area contributed by atoms with Crippen molar-refractivity contribution in [2.24, 2.45) is 5.92 Å². The lowest BCUT2D eigenvalue weighted by atomic mass is 10.0. The molecule has 3 aromatic rings. The van der Waals surface area contributed by atoms with Crippen molar-refractivity contribution in [3.8, 4) is 11.5 Å². The Bertz CT molecular complexity index is 1200. The number of carbonyl (C=O) groups excluding carboxylic acids is 2. The second kappa shape index (κ2) is 9.83. The third kappa shape index (κ3) is 4.69. The number of methoxy groups -OCH3 is 1. The van der Waals surface area contributed by atoms with Gasteiger partial charge in [0.15, 0.2) is 0 Å². The Hall–Kier alpha value is -3.06. The Balaban J connectivity index is 1.77. The zero-order valence-electron chi connectivity index (χ0n) is 18.9. The summed E-state index contributed by atoms with van der Waals surface area (Å²) in [5.74, 6) is 0.743. The maximum Gasteiger partial charge on any atom is 0.253 e. The molecule has 33 heavy (non-hydrogen) atoms. The number of nitrogens with one attached hydrogen (secondary N) is 1. The summed E-state index contributed by atoms with van der Waals surface area (Å²) in [6.07, 6.45) is 0.695. The van der Waals surface area contributed by atoms with Crippen LogP contribution in [-0.4, -0.2) is 31.6 Å². The van der Waals surface area contributed by atoms with Crippen molar-refractivity contribution >= 4 is 44.2 Å². The molecule has 1 heterocycles. The van der Waals surface area contributed by atoms with Gasteiger partial charge in [-0.3, -0.25) is 9.59 Å². The van der Waals surface area contributed by atoms with Crippen LogP contribution in [0.5, 0.6) is 11.5 Å². The predicted molar refractivity (Wildman–Crippen MR) is 133 cm³/mol. The number of ether oxygens (including phenoxy) is 2. The minimum absolute atomic E-state index is 0.0775. The molecule has 0 radical (unpaired) electrons. The zero-order chi connectivity index (χ0) is 23.5. The fraction of sp³-hybridized carbons (Fsp3) is 0.308. The molecular weight excluding hydrogens is 484 g/mol. The zero-order valence-corrected chi connectivity index (χ0v) is 20.5. The van der Waals surface area contributed by atoms with Gasteiger partial charge in [-0.1, -0.05) is 54.0 Å². The number of rotatable bonds is 6. The Morgan fingerprint density at radius 1 is 1.24 bits per heavy atom. The van der Waals surface area contributed by atoms with Crippen LogP contribution in [0.2, 0.25) is 0 Å². The normalized spacial score (nSPS) is 16.5. The lowest BCUT2D eigenvalue weighted by Gasteiger charge is -2.27. The summed E-state index contributed by atoms with van der Waals surface area (Å²) >= 11 is 3.53. The number of amides is 2. The van der Waals surface area contributed by atoms with Gasteiger partial charge >= 0.3 is 0 Å². The molecule has 0 aliphatic carbocycles. The van der Waals surface area contributed by atoms with Gasteiger partial charge in [0.05, 0.1) is 19.3 Å². The molecule has 0 saturated carbocycles. The van der Waals surface area contributed by atoms with E-state index >= 15 is 0 Å². The number of anilines is 1. The summed E-state index contributed by atoms with van der Waals surface area (Å²) in [5.41, 5.74) is 1.55. The smallest absolute Gasteiger partial charge is 0.253 e. The lowest BCUT2D eigenvalue weighted by Crippen LogP contribution is -2.51. The van der Waals surface area contributed by atoms with Crippen molar-refractivity contribution in [2.75, 3.05) is 18.6 Å². The van der Waals surface area contributed by atoms with Gasteiger partial charge in [-0.2, -0.15) is 0 Å². The molecule has 6 nitrogen and oxygen atoms in total. The van der Waals surface area contributed by atoms with Gasteiger partial charge in [0.1, 0.15) is 24.1 Å². The Kier molecular flexibility index (Phi) is 6.88. The number of hydrogen-bond acceptors (Lipinski definition) is 4. The van der Waals surface area contributed by atoms with Crippen LogP contribution in [0.1, 0.15) is 25.8 Å². The van der Waals surface area contributed by atoms with Crippen LogP contribution in [0.15, 0.2) is 59.1 Å². The summed E-state index contributed by atoms with van der Waals surface area (Å²) in [5, 5.41) is 4.92. The summed E-state index contributed by atoms with van der Waals surface area (Å²) in [6, 6.07) is 16.6. The van der Waals surface area contributed by atoms with Crippen LogP contribution in [0.25, 0.3) is 10.8 Å². The first-order valence-electron chi connectivity index (χ1n) is 11.0. The maximum atomic E-state index is 13.7. The van der Waals surface area contributed by atoms with E-state index in [1.165, 1.54) is 0 Å². The van der Waals surface area contributed by atoms with Crippen molar-refractivity contribution in [1.29, 1.82) is 0 Å². The third-order valence-electron chi connectivity index (χ3n) is 6.09. The topological polar surface area (TPSA) is 67.9 Å². The van der Waals surface area contributed by atoms with Crippen molar-refractivity contribution in [1.82, 2.24) is 5.32 Å². The van der Waals surface area contributed by atoms with Crippen molar-refractivity contribution < 1.29 is 19.1 Å². The molecule has 0 fully saturated rings. The molecule has 172 valence electrons. The van der Waals surface area contributed by atoms with Crippen LogP contribution in [-0.2, 0) is 16.1 Å². The quantitative estimate of drug-likeness (QED) is 0.502. The van der Waals surface area contributed by atoms with Gasteiger partial charge in [-0.05, 0) is 47.5 Å². The predicted octanol–water partition coefficient (Wildman–Crippen LogP) is 5.07.